The van der Waals surface area contributed by atoms with Crippen LogP contribution in [0.1, 0.15) is 11.1 Å². The standard InChI is InChI=1S/C31H21ClFN3O3S/c32-25-12-16-28(17-13-25)40(37,38)29(19-34)18-24-20-36(26-7-2-1-3-8-26)35-31(24)22-10-14-27(15-11-22)39-21-23-6-4-5-9-30(23)33/h1-18,20H,21H2/b29-18-. The Bertz CT molecular complexity index is 1830. The van der Waals surface area contributed by atoms with Gasteiger partial charge < -0.3 is 4.74 Å². The average molecular weight is 570 g/mol. The minimum atomic E-state index is -4.11. The van der Waals surface area contributed by atoms with Crippen molar-refractivity contribution in [2.24, 2.45) is 0 Å². The third-order valence-electron chi connectivity index (χ3n) is 6.05. The first-order valence-corrected chi connectivity index (χ1v) is 14.0. The zero-order valence-electron chi connectivity index (χ0n) is 20.9. The second-order valence-electron chi connectivity index (χ2n) is 8.70. The molecule has 6 nitrogen and oxygen atoms in total. The highest BCUT2D eigenvalue weighted by Gasteiger charge is 2.22. The molecule has 0 unspecified atom stereocenters. The summed E-state index contributed by atoms with van der Waals surface area (Å²) in [5.74, 6) is 0.179. The first kappa shape index (κ1) is 26.9. The molecule has 198 valence electrons. The summed E-state index contributed by atoms with van der Waals surface area (Å²) >= 11 is 5.91. The van der Waals surface area contributed by atoms with Crippen LogP contribution in [0.4, 0.5) is 4.39 Å². The number of rotatable bonds is 8. The minimum Gasteiger partial charge on any atom is -0.489 e. The van der Waals surface area contributed by atoms with Crippen LogP contribution < -0.4 is 4.74 Å². The summed E-state index contributed by atoms with van der Waals surface area (Å²) in [5.41, 5.74) is 2.75. The number of hydrogen-bond acceptors (Lipinski definition) is 5. The van der Waals surface area contributed by atoms with Crippen molar-refractivity contribution in [3.05, 3.63) is 136 Å². The average Bonchev–Trinajstić information content (AvgIpc) is 3.40. The van der Waals surface area contributed by atoms with Gasteiger partial charge in [0.2, 0.25) is 9.84 Å². The van der Waals surface area contributed by atoms with E-state index in [2.05, 4.69) is 0 Å². The van der Waals surface area contributed by atoms with E-state index in [1.807, 2.05) is 36.4 Å². The van der Waals surface area contributed by atoms with Gasteiger partial charge in [0.15, 0.2) is 0 Å². The lowest BCUT2D eigenvalue weighted by molar-refractivity contribution is 0.300. The van der Waals surface area contributed by atoms with E-state index in [1.165, 1.54) is 36.4 Å². The van der Waals surface area contributed by atoms with E-state index in [1.54, 1.807) is 53.3 Å². The Morgan fingerprint density at radius 3 is 2.30 bits per heavy atom. The first-order chi connectivity index (χ1) is 19.3. The number of allylic oxidation sites excluding steroid dienone is 1. The molecule has 0 saturated heterocycles. The van der Waals surface area contributed by atoms with Crippen LogP contribution in [0.25, 0.3) is 23.0 Å². The monoisotopic (exact) mass is 569 g/mol. The second-order valence-corrected chi connectivity index (χ2v) is 11.0. The molecule has 0 bridgehead atoms. The van der Waals surface area contributed by atoms with Crippen molar-refractivity contribution in [1.82, 2.24) is 9.78 Å². The molecule has 0 atom stereocenters. The highest BCUT2D eigenvalue weighted by Crippen LogP contribution is 2.30. The van der Waals surface area contributed by atoms with Crippen LogP contribution >= 0.6 is 11.6 Å². The van der Waals surface area contributed by atoms with Gasteiger partial charge in [-0.1, -0.05) is 48.0 Å². The predicted molar refractivity (Wildman–Crippen MR) is 152 cm³/mol. The molecule has 0 aliphatic rings. The van der Waals surface area contributed by atoms with E-state index in [0.29, 0.717) is 33.2 Å². The smallest absolute Gasteiger partial charge is 0.216 e. The molecule has 9 heteroatoms. The Balaban J connectivity index is 1.52. The Hall–Kier alpha value is -4.71. The Morgan fingerprint density at radius 1 is 0.950 bits per heavy atom. The molecule has 0 spiro atoms. The van der Waals surface area contributed by atoms with E-state index in [4.69, 9.17) is 21.4 Å². The molecule has 0 N–H and O–H groups in total. The van der Waals surface area contributed by atoms with Crippen LogP contribution in [0.15, 0.2) is 119 Å². The molecule has 1 aromatic heterocycles. The highest BCUT2D eigenvalue weighted by molar-refractivity contribution is 7.95. The van der Waals surface area contributed by atoms with Crippen LogP contribution in [-0.4, -0.2) is 18.2 Å². The molecule has 5 aromatic rings. The Labute approximate surface area is 236 Å². The number of para-hydroxylation sites is 1. The van der Waals surface area contributed by atoms with Gasteiger partial charge in [-0.3, -0.25) is 0 Å². The van der Waals surface area contributed by atoms with Crippen molar-refractivity contribution < 1.29 is 17.5 Å². The molecule has 0 aliphatic carbocycles. The SMILES string of the molecule is N#C/C(=C/c1cn(-c2ccccc2)nc1-c1ccc(OCc2ccccc2F)cc1)S(=O)(=O)c1ccc(Cl)cc1. The third-order valence-corrected chi connectivity index (χ3v) is 7.99. The van der Waals surface area contributed by atoms with Gasteiger partial charge in [0.05, 0.1) is 10.6 Å². The van der Waals surface area contributed by atoms with Crippen LogP contribution in [0.2, 0.25) is 5.02 Å². The Morgan fingerprint density at radius 2 is 1.62 bits per heavy atom. The fourth-order valence-electron chi connectivity index (χ4n) is 3.97. The number of halogens is 2. The van der Waals surface area contributed by atoms with E-state index in [9.17, 15) is 18.1 Å². The lowest BCUT2D eigenvalue weighted by atomic mass is 10.1. The van der Waals surface area contributed by atoms with Crippen molar-refractivity contribution in [2.75, 3.05) is 0 Å². The van der Waals surface area contributed by atoms with Crippen molar-refractivity contribution in [3.8, 4) is 28.8 Å². The van der Waals surface area contributed by atoms with Gasteiger partial charge in [-0.2, -0.15) is 10.4 Å². The van der Waals surface area contributed by atoms with Crippen molar-refractivity contribution >= 4 is 27.5 Å². The summed E-state index contributed by atoms with van der Waals surface area (Å²) in [6.45, 7) is 0.0662. The van der Waals surface area contributed by atoms with Crippen LogP contribution in [-0.2, 0) is 16.4 Å². The molecule has 0 fully saturated rings. The van der Waals surface area contributed by atoms with Crippen LogP contribution in [0.3, 0.4) is 0 Å². The second kappa shape index (κ2) is 11.6. The maximum Gasteiger partial charge on any atom is 0.216 e. The van der Waals surface area contributed by atoms with E-state index >= 15 is 0 Å². The minimum absolute atomic E-state index is 0.0435. The molecule has 0 aliphatic heterocycles. The number of nitrogens with zero attached hydrogens (tertiary/aromatic N) is 3. The number of hydrogen-bond donors (Lipinski definition) is 0. The number of ether oxygens (including phenoxy) is 1. The quantitative estimate of drug-likeness (QED) is 0.184. The van der Waals surface area contributed by atoms with Crippen molar-refractivity contribution in [3.63, 3.8) is 0 Å². The molecular formula is C31H21ClFN3O3S. The summed E-state index contributed by atoms with van der Waals surface area (Å²) in [4.78, 5) is -0.480. The summed E-state index contributed by atoms with van der Waals surface area (Å²) in [6.07, 6.45) is 2.98. The highest BCUT2D eigenvalue weighted by atomic mass is 35.5. The maximum atomic E-state index is 13.9. The van der Waals surface area contributed by atoms with Gasteiger partial charge in [-0.05, 0) is 72.8 Å². The molecule has 0 saturated carbocycles. The fraction of sp³-hybridized carbons (Fsp3) is 0.0323. The van der Waals surface area contributed by atoms with Gasteiger partial charge in [-0.25, -0.2) is 17.5 Å². The van der Waals surface area contributed by atoms with E-state index in [-0.39, 0.29) is 17.3 Å². The molecular weight excluding hydrogens is 549 g/mol. The summed E-state index contributed by atoms with van der Waals surface area (Å²) in [7, 11) is -4.11. The zero-order valence-corrected chi connectivity index (χ0v) is 22.5. The molecule has 40 heavy (non-hydrogen) atoms. The van der Waals surface area contributed by atoms with Crippen molar-refractivity contribution in [2.45, 2.75) is 11.5 Å². The van der Waals surface area contributed by atoms with Gasteiger partial charge in [0.25, 0.3) is 0 Å². The summed E-state index contributed by atoms with van der Waals surface area (Å²) < 4.78 is 47.8. The molecule has 4 aromatic carbocycles. The number of aromatic nitrogens is 2. The summed E-state index contributed by atoms with van der Waals surface area (Å²) in [6, 6.07) is 30.2. The molecule has 5 rings (SSSR count). The van der Waals surface area contributed by atoms with Gasteiger partial charge >= 0.3 is 0 Å². The van der Waals surface area contributed by atoms with Gasteiger partial charge in [-0.15, -0.1) is 0 Å². The Kier molecular flexibility index (Phi) is 7.78. The number of sulfone groups is 1. The van der Waals surface area contributed by atoms with Crippen LogP contribution in [0.5, 0.6) is 5.75 Å². The third kappa shape index (κ3) is 5.81. The normalized spacial score (nSPS) is 11.7. The van der Waals surface area contributed by atoms with Gasteiger partial charge in [0.1, 0.15) is 34.8 Å². The van der Waals surface area contributed by atoms with Gasteiger partial charge in [0, 0.05) is 27.9 Å². The molecule has 1 heterocycles. The fourth-order valence-corrected chi connectivity index (χ4v) is 5.24. The zero-order chi connectivity index (χ0) is 28.1. The topological polar surface area (TPSA) is 85.0 Å². The first-order valence-electron chi connectivity index (χ1n) is 12.1. The number of nitriles is 1. The number of benzene rings is 4. The van der Waals surface area contributed by atoms with Crippen LogP contribution in [0, 0.1) is 17.1 Å². The van der Waals surface area contributed by atoms with E-state index in [0.717, 1.165) is 5.69 Å². The lowest BCUT2D eigenvalue weighted by Crippen LogP contribution is -2.03. The lowest BCUT2D eigenvalue weighted by Gasteiger charge is -2.08. The maximum absolute atomic E-state index is 13.9. The largest absolute Gasteiger partial charge is 0.489 e. The molecule has 0 radical (unpaired) electrons. The van der Waals surface area contributed by atoms with E-state index < -0.39 is 14.7 Å². The predicted octanol–water partition coefficient (Wildman–Crippen LogP) is 7.25. The summed E-state index contributed by atoms with van der Waals surface area (Å²) in [5, 5.41) is 14.9. The van der Waals surface area contributed by atoms with Crippen molar-refractivity contribution in [1.29, 1.82) is 5.26 Å². The molecule has 0 amide bonds.